The second kappa shape index (κ2) is 7.41. The summed E-state index contributed by atoms with van der Waals surface area (Å²) < 4.78 is 1.67. The van der Waals surface area contributed by atoms with Crippen LogP contribution in [0.15, 0.2) is 57.2 Å². The number of nitrogens with one attached hydrogen (secondary N) is 1. The number of rotatable bonds is 4. The lowest BCUT2D eigenvalue weighted by Gasteiger charge is -2.16. The zero-order chi connectivity index (χ0) is 19.8. The van der Waals surface area contributed by atoms with E-state index in [0.29, 0.717) is 43.6 Å². The molecule has 2 aromatic heterocycles. The van der Waals surface area contributed by atoms with Gasteiger partial charge in [0.05, 0.1) is 27.6 Å². The summed E-state index contributed by atoms with van der Waals surface area (Å²) in [5.74, 6) is 0.897. The topological polar surface area (TPSA) is 80.6 Å². The minimum atomic E-state index is -0.240. The summed E-state index contributed by atoms with van der Waals surface area (Å²) in [7, 11) is 0. The zero-order valence-corrected chi connectivity index (χ0v) is 16.8. The van der Waals surface area contributed by atoms with Gasteiger partial charge < -0.3 is 4.98 Å². The van der Waals surface area contributed by atoms with Gasteiger partial charge in [0.2, 0.25) is 0 Å². The molecule has 1 N–H and O–H groups in total. The number of fused-ring (bicyclic) bond motifs is 2. The monoisotopic (exact) mass is 412 g/mol. The van der Waals surface area contributed by atoms with Gasteiger partial charge in [0.15, 0.2) is 5.16 Å². The van der Waals surface area contributed by atoms with Crippen molar-refractivity contribution in [3.05, 3.63) is 74.0 Å². The van der Waals surface area contributed by atoms with E-state index in [1.807, 2.05) is 32.0 Å². The fraction of sp³-hybridized carbons (Fsp3) is 0.200. The molecule has 0 aliphatic carbocycles. The number of para-hydroxylation sites is 1. The van der Waals surface area contributed by atoms with Crippen molar-refractivity contribution >= 4 is 45.2 Å². The Balaban J connectivity index is 1.74. The summed E-state index contributed by atoms with van der Waals surface area (Å²) in [5, 5.41) is 2.12. The van der Waals surface area contributed by atoms with Gasteiger partial charge in [0, 0.05) is 11.1 Å². The molecule has 4 aromatic rings. The van der Waals surface area contributed by atoms with Crippen LogP contribution in [-0.4, -0.2) is 19.5 Å². The first-order valence-corrected chi connectivity index (χ1v) is 10.1. The lowest BCUT2D eigenvalue weighted by molar-refractivity contribution is 0.519. The van der Waals surface area contributed by atoms with Crippen molar-refractivity contribution in [2.24, 2.45) is 0 Å². The first-order chi connectivity index (χ1) is 13.4. The summed E-state index contributed by atoms with van der Waals surface area (Å²) in [6.07, 6.45) is 0. The van der Waals surface area contributed by atoms with Crippen molar-refractivity contribution in [2.45, 2.75) is 30.8 Å². The highest BCUT2D eigenvalue weighted by Gasteiger charge is 2.15. The molecule has 0 saturated heterocycles. The zero-order valence-electron chi connectivity index (χ0n) is 15.3. The highest BCUT2D eigenvalue weighted by molar-refractivity contribution is 7.98. The van der Waals surface area contributed by atoms with Gasteiger partial charge >= 0.3 is 0 Å². The van der Waals surface area contributed by atoms with Crippen LogP contribution in [0.3, 0.4) is 0 Å². The maximum absolute atomic E-state index is 12.9. The quantitative estimate of drug-likeness (QED) is 0.402. The number of hydrogen-bond donors (Lipinski definition) is 1. The van der Waals surface area contributed by atoms with Crippen molar-refractivity contribution in [1.82, 2.24) is 19.5 Å². The van der Waals surface area contributed by atoms with Gasteiger partial charge in [-0.25, -0.2) is 9.97 Å². The first kappa shape index (κ1) is 18.7. The fourth-order valence-corrected chi connectivity index (χ4v) is 4.21. The molecule has 6 nitrogen and oxygen atoms in total. The molecule has 0 spiro atoms. The van der Waals surface area contributed by atoms with Gasteiger partial charge in [-0.3, -0.25) is 14.2 Å². The number of halogens is 1. The van der Waals surface area contributed by atoms with E-state index < -0.39 is 0 Å². The molecule has 2 aromatic carbocycles. The van der Waals surface area contributed by atoms with Gasteiger partial charge in [-0.15, -0.1) is 0 Å². The highest BCUT2D eigenvalue weighted by atomic mass is 35.5. The number of aromatic amines is 1. The van der Waals surface area contributed by atoms with Gasteiger partial charge in [0.1, 0.15) is 5.82 Å². The van der Waals surface area contributed by atoms with Crippen LogP contribution in [0.25, 0.3) is 21.8 Å². The Hall–Kier alpha value is -2.64. The lowest BCUT2D eigenvalue weighted by atomic mass is 10.2. The lowest BCUT2D eigenvalue weighted by Crippen LogP contribution is -2.25. The number of hydrogen-bond acceptors (Lipinski definition) is 5. The van der Waals surface area contributed by atoms with E-state index >= 15 is 0 Å². The SMILES string of the molecule is CC(C)n1c(SCc2nc3ccc(Cl)cc3c(=O)[nH]2)nc2ccccc2c1=O. The molecule has 8 heteroatoms. The van der Waals surface area contributed by atoms with Crippen LogP contribution in [0.1, 0.15) is 25.7 Å². The third kappa shape index (κ3) is 3.43. The van der Waals surface area contributed by atoms with Crippen LogP contribution in [0.2, 0.25) is 5.02 Å². The molecule has 0 atom stereocenters. The predicted molar refractivity (Wildman–Crippen MR) is 113 cm³/mol. The number of H-pyrrole nitrogens is 1. The molecule has 28 heavy (non-hydrogen) atoms. The van der Waals surface area contributed by atoms with Crippen LogP contribution in [0, 0.1) is 0 Å². The molecule has 0 bridgehead atoms. The maximum Gasteiger partial charge on any atom is 0.262 e. The Bertz CT molecular complexity index is 1310. The van der Waals surface area contributed by atoms with E-state index in [9.17, 15) is 9.59 Å². The Morgan fingerprint density at radius 2 is 1.82 bits per heavy atom. The van der Waals surface area contributed by atoms with E-state index in [0.717, 1.165) is 0 Å². The van der Waals surface area contributed by atoms with Gasteiger partial charge in [-0.1, -0.05) is 35.5 Å². The van der Waals surface area contributed by atoms with E-state index in [2.05, 4.69) is 15.0 Å². The average Bonchev–Trinajstić information content (AvgIpc) is 2.66. The maximum atomic E-state index is 12.9. The third-order valence-corrected chi connectivity index (χ3v) is 5.55. The largest absolute Gasteiger partial charge is 0.309 e. The number of thioether (sulfide) groups is 1. The number of benzene rings is 2. The first-order valence-electron chi connectivity index (χ1n) is 8.76. The van der Waals surface area contributed by atoms with Crippen LogP contribution >= 0.6 is 23.4 Å². The minimum Gasteiger partial charge on any atom is -0.309 e. The highest BCUT2D eigenvalue weighted by Crippen LogP contribution is 2.24. The summed E-state index contributed by atoms with van der Waals surface area (Å²) in [6, 6.07) is 12.3. The van der Waals surface area contributed by atoms with Crippen molar-refractivity contribution in [2.75, 3.05) is 0 Å². The van der Waals surface area contributed by atoms with E-state index in [4.69, 9.17) is 11.6 Å². The van der Waals surface area contributed by atoms with E-state index in [1.165, 1.54) is 11.8 Å². The predicted octanol–water partition coefficient (Wildman–Crippen LogP) is 4.16. The molecule has 0 amide bonds. The Morgan fingerprint density at radius 3 is 2.61 bits per heavy atom. The summed E-state index contributed by atoms with van der Waals surface area (Å²) >= 11 is 7.33. The average molecular weight is 413 g/mol. The van der Waals surface area contributed by atoms with Crippen LogP contribution in [0.5, 0.6) is 0 Å². The van der Waals surface area contributed by atoms with Gasteiger partial charge in [-0.05, 0) is 44.2 Å². The van der Waals surface area contributed by atoms with E-state index in [-0.39, 0.29) is 17.2 Å². The Morgan fingerprint density at radius 1 is 1.07 bits per heavy atom. The molecule has 2 heterocycles. The molecule has 0 aliphatic heterocycles. The second-order valence-corrected chi connectivity index (χ2v) is 8.02. The third-order valence-electron chi connectivity index (χ3n) is 4.35. The van der Waals surface area contributed by atoms with Gasteiger partial charge in [0.25, 0.3) is 11.1 Å². The molecule has 0 unspecified atom stereocenters. The summed E-state index contributed by atoms with van der Waals surface area (Å²) in [4.78, 5) is 37.2. The van der Waals surface area contributed by atoms with Crippen molar-refractivity contribution in [3.63, 3.8) is 0 Å². The van der Waals surface area contributed by atoms with E-state index in [1.54, 1.807) is 28.8 Å². The molecule has 0 radical (unpaired) electrons. The smallest absolute Gasteiger partial charge is 0.262 e. The summed E-state index contributed by atoms with van der Waals surface area (Å²) in [5.41, 5.74) is 0.923. The normalized spacial score (nSPS) is 11.6. The Kier molecular flexibility index (Phi) is 4.95. The molecule has 4 rings (SSSR count). The number of aromatic nitrogens is 4. The second-order valence-electron chi connectivity index (χ2n) is 6.64. The standard InChI is InChI=1S/C20H17ClN4O2S/c1-11(2)25-19(27)13-5-3-4-6-15(13)23-20(25)28-10-17-22-16-8-7-12(21)9-14(16)18(26)24-17/h3-9,11H,10H2,1-2H3,(H,22,24,26). The molecule has 142 valence electrons. The Labute approximate surface area is 169 Å². The van der Waals surface area contributed by atoms with Crippen molar-refractivity contribution in [3.8, 4) is 0 Å². The van der Waals surface area contributed by atoms with Crippen LogP contribution in [-0.2, 0) is 5.75 Å². The van der Waals surface area contributed by atoms with Crippen LogP contribution < -0.4 is 11.1 Å². The van der Waals surface area contributed by atoms with Crippen molar-refractivity contribution in [1.29, 1.82) is 0 Å². The summed E-state index contributed by atoms with van der Waals surface area (Å²) in [6.45, 7) is 3.89. The molecular formula is C20H17ClN4O2S. The van der Waals surface area contributed by atoms with Crippen LogP contribution in [0.4, 0.5) is 0 Å². The molecule has 0 aliphatic rings. The molecular weight excluding hydrogens is 396 g/mol. The molecule has 0 saturated carbocycles. The minimum absolute atomic E-state index is 0.0436. The number of nitrogens with zero attached hydrogens (tertiary/aromatic N) is 3. The van der Waals surface area contributed by atoms with Crippen molar-refractivity contribution < 1.29 is 0 Å². The van der Waals surface area contributed by atoms with Gasteiger partial charge in [-0.2, -0.15) is 0 Å². The molecule has 0 fully saturated rings. The fourth-order valence-electron chi connectivity index (χ4n) is 3.04.